The highest BCUT2D eigenvalue weighted by molar-refractivity contribution is 6.31. The summed E-state index contributed by atoms with van der Waals surface area (Å²) in [6.45, 7) is 1.28. The van der Waals surface area contributed by atoms with Crippen LogP contribution >= 0.6 is 11.6 Å². The van der Waals surface area contributed by atoms with Gasteiger partial charge in [-0.3, -0.25) is 0 Å². The standard InChI is InChI=1S/C19H23ClN2O/c20-18-12-5-4-11-17(18)13-15-22-19(23)21-14-7-6-10-16-8-2-1-3-9-16/h1-5,8-9,11-12H,6-7,10,13-15H2,(H2,21,22,23). The fourth-order valence-corrected chi connectivity index (χ4v) is 2.61. The smallest absolute Gasteiger partial charge is 0.314 e. The molecule has 0 aromatic heterocycles. The number of urea groups is 1. The largest absolute Gasteiger partial charge is 0.338 e. The number of aryl methyl sites for hydroxylation is 1. The lowest BCUT2D eigenvalue weighted by Crippen LogP contribution is -2.37. The van der Waals surface area contributed by atoms with Crippen molar-refractivity contribution < 1.29 is 4.79 Å². The fourth-order valence-electron chi connectivity index (χ4n) is 2.38. The minimum Gasteiger partial charge on any atom is -0.338 e. The third kappa shape index (κ3) is 6.74. The van der Waals surface area contributed by atoms with Crippen LogP contribution in [0.5, 0.6) is 0 Å². The zero-order valence-electron chi connectivity index (χ0n) is 13.2. The molecule has 0 unspecified atom stereocenters. The van der Waals surface area contributed by atoms with E-state index in [1.807, 2.05) is 30.3 Å². The number of hydrogen-bond donors (Lipinski definition) is 2. The molecule has 4 heteroatoms. The monoisotopic (exact) mass is 330 g/mol. The number of carbonyl (C=O) groups excluding carboxylic acids is 1. The molecule has 2 aromatic rings. The number of amides is 2. The molecule has 2 N–H and O–H groups in total. The number of benzene rings is 2. The number of rotatable bonds is 8. The van der Waals surface area contributed by atoms with Crippen LogP contribution in [-0.4, -0.2) is 19.1 Å². The van der Waals surface area contributed by atoms with Crippen LogP contribution in [0, 0.1) is 0 Å². The second kappa shape index (κ2) is 9.90. The third-order valence-electron chi connectivity index (χ3n) is 3.66. The molecule has 0 aliphatic heterocycles. The molecule has 0 saturated carbocycles. The summed E-state index contributed by atoms with van der Waals surface area (Å²) in [5.41, 5.74) is 2.40. The van der Waals surface area contributed by atoms with Crippen molar-refractivity contribution in [3.05, 3.63) is 70.7 Å². The van der Waals surface area contributed by atoms with Gasteiger partial charge in [-0.2, -0.15) is 0 Å². The SMILES string of the molecule is O=C(NCCCCc1ccccc1)NCCc1ccccc1Cl. The first-order valence-corrected chi connectivity index (χ1v) is 8.42. The zero-order chi connectivity index (χ0) is 16.3. The molecule has 2 rings (SSSR count). The molecule has 0 fully saturated rings. The van der Waals surface area contributed by atoms with Crippen molar-refractivity contribution in [1.29, 1.82) is 0 Å². The van der Waals surface area contributed by atoms with Crippen molar-refractivity contribution in [2.24, 2.45) is 0 Å². The molecule has 2 amide bonds. The van der Waals surface area contributed by atoms with E-state index in [0.29, 0.717) is 13.1 Å². The van der Waals surface area contributed by atoms with Crippen LogP contribution in [0.1, 0.15) is 24.0 Å². The van der Waals surface area contributed by atoms with Gasteiger partial charge in [0.05, 0.1) is 0 Å². The van der Waals surface area contributed by atoms with Gasteiger partial charge in [0.2, 0.25) is 0 Å². The van der Waals surface area contributed by atoms with Gasteiger partial charge >= 0.3 is 6.03 Å². The molecule has 0 spiro atoms. The highest BCUT2D eigenvalue weighted by atomic mass is 35.5. The van der Waals surface area contributed by atoms with E-state index < -0.39 is 0 Å². The minimum absolute atomic E-state index is 0.114. The van der Waals surface area contributed by atoms with Gasteiger partial charge in [0, 0.05) is 18.1 Å². The molecule has 0 atom stereocenters. The Bertz CT molecular complexity index is 601. The Morgan fingerprint density at radius 2 is 1.52 bits per heavy atom. The van der Waals surface area contributed by atoms with E-state index in [1.165, 1.54) is 5.56 Å². The molecule has 23 heavy (non-hydrogen) atoms. The van der Waals surface area contributed by atoms with E-state index in [2.05, 4.69) is 34.9 Å². The molecule has 3 nitrogen and oxygen atoms in total. The molecule has 122 valence electrons. The van der Waals surface area contributed by atoms with Crippen molar-refractivity contribution in [2.45, 2.75) is 25.7 Å². The van der Waals surface area contributed by atoms with E-state index in [4.69, 9.17) is 11.6 Å². The van der Waals surface area contributed by atoms with E-state index in [9.17, 15) is 4.79 Å². The normalized spacial score (nSPS) is 10.3. The highest BCUT2D eigenvalue weighted by Gasteiger charge is 2.02. The van der Waals surface area contributed by atoms with Crippen molar-refractivity contribution >= 4 is 17.6 Å². The van der Waals surface area contributed by atoms with Crippen LogP contribution in [0.15, 0.2) is 54.6 Å². The number of hydrogen-bond acceptors (Lipinski definition) is 1. The van der Waals surface area contributed by atoms with Gasteiger partial charge in [-0.25, -0.2) is 4.79 Å². The minimum atomic E-state index is -0.114. The maximum absolute atomic E-state index is 11.7. The Labute approximate surface area is 143 Å². The third-order valence-corrected chi connectivity index (χ3v) is 4.03. The number of nitrogens with one attached hydrogen (secondary N) is 2. The molecule has 0 aliphatic carbocycles. The summed E-state index contributed by atoms with van der Waals surface area (Å²) in [7, 11) is 0. The van der Waals surface area contributed by atoms with Crippen molar-refractivity contribution in [3.8, 4) is 0 Å². The molecule has 0 saturated heterocycles. The summed E-state index contributed by atoms with van der Waals surface area (Å²) in [5.74, 6) is 0. The van der Waals surface area contributed by atoms with Gasteiger partial charge in [-0.15, -0.1) is 0 Å². The zero-order valence-corrected chi connectivity index (χ0v) is 14.0. The van der Waals surface area contributed by atoms with Crippen LogP contribution in [0.4, 0.5) is 4.79 Å². The second-order valence-electron chi connectivity index (χ2n) is 5.47. The van der Waals surface area contributed by atoms with Gasteiger partial charge in [-0.05, 0) is 42.9 Å². The predicted octanol–water partition coefficient (Wildman–Crippen LogP) is 4.20. The number of unbranched alkanes of at least 4 members (excludes halogenated alkanes) is 1. The van der Waals surface area contributed by atoms with Crippen molar-refractivity contribution in [2.75, 3.05) is 13.1 Å². The van der Waals surface area contributed by atoms with Crippen LogP contribution in [-0.2, 0) is 12.8 Å². The fraction of sp³-hybridized carbons (Fsp3) is 0.316. The maximum atomic E-state index is 11.7. The van der Waals surface area contributed by atoms with Crippen molar-refractivity contribution in [1.82, 2.24) is 10.6 Å². The Balaban J connectivity index is 1.53. The van der Waals surface area contributed by atoms with E-state index >= 15 is 0 Å². The van der Waals surface area contributed by atoms with E-state index in [0.717, 1.165) is 36.3 Å². The quantitative estimate of drug-likeness (QED) is 0.700. The first-order chi connectivity index (χ1) is 11.3. The lowest BCUT2D eigenvalue weighted by Gasteiger charge is -2.08. The summed E-state index contributed by atoms with van der Waals surface area (Å²) < 4.78 is 0. The maximum Gasteiger partial charge on any atom is 0.314 e. The van der Waals surface area contributed by atoms with Crippen LogP contribution in [0.2, 0.25) is 5.02 Å². The van der Waals surface area contributed by atoms with Crippen molar-refractivity contribution in [3.63, 3.8) is 0 Å². The second-order valence-corrected chi connectivity index (χ2v) is 5.87. The van der Waals surface area contributed by atoms with Gasteiger partial charge in [0.1, 0.15) is 0 Å². The van der Waals surface area contributed by atoms with E-state index in [-0.39, 0.29) is 6.03 Å². The van der Waals surface area contributed by atoms with Crippen LogP contribution in [0.25, 0.3) is 0 Å². The van der Waals surface area contributed by atoms with Gasteiger partial charge in [0.15, 0.2) is 0 Å². The predicted molar refractivity (Wildman–Crippen MR) is 95.9 cm³/mol. The van der Waals surface area contributed by atoms with E-state index in [1.54, 1.807) is 0 Å². The average molecular weight is 331 g/mol. The first-order valence-electron chi connectivity index (χ1n) is 8.05. The number of halogens is 1. The highest BCUT2D eigenvalue weighted by Crippen LogP contribution is 2.14. The summed E-state index contributed by atoms with van der Waals surface area (Å²) in [5, 5.41) is 6.49. The average Bonchev–Trinajstić information content (AvgIpc) is 2.57. The lowest BCUT2D eigenvalue weighted by molar-refractivity contribution is 0.241. The Morgan fingerprint density at radius 3 is 2.30 bits per heavy atom. The molecule has 2 aromatic carbocycles. The van der Waals surface area contributed by atoms with Gasteiger partial charge in [0.25, 0.3) is 0 Å². The Kier molecular flexibility index (Phi) is 7.47. The molecular weight excluding hydrogens is 308 g/mol. The summed E-state index contributed by atoms with van der Waals surface area (Å²) in [6.07, 6.45) is 3.84. The Hall–Kier alpha value is -2.00. The first kappa shape index (κ1) is 17.4. The molecule has 0 aliphatic rings. The summed E-state index contributed by atoms with van der Waals surface area (Å²) in [4.78, 5) is 11.7. The summed E-state index contributed by atoms with van der Waals surface area (Å²) in [6, 6.07) is 18.0. The molecular formula is C19H23ClN2O. The Morgan fingerprint density at radius 1 is 0.826 bits per heavy atom. The van der Waals surface area contributed by atoms with Crippen LogP contribution in [0.3, 0.4) is 0 Å². The molecule has 0 bridgehead atoms. The molecule has 0 radical (unpaired) electrons. The topological polar surface area (TPSA) is 41.1 Å². The van der Waals surface area contributed by atoms with Gasteiger partial charge < -0.3 is 10.6 Å². The van der Waals surface area contributed by atoms with Crippen LogP contribution < -0.4 is 10.6 Å². The van der Waals surface area contributed by atoms with Gasteiger partial charge in [-0.1, -0.05) is 60.1 Å². The molecule has 0 heterocycles. The lowest BCUT2D eigenvalue weighted by atomic mass is 10.1. The summed E-state index contributed by atoms with van der Waals surface area (Å²) >= 11 is 6.08. The number of carbonyl (C=O) groups is 1.